The standard InChI is InChI=1S/C21H15F3N4O3S2/c22-21(23,24)13-8-14(15-4-2-6-32-15)25-18-17(13)33-20(26-18)27-19(30)11-7-16(29)28(9-11)10-12-3-1-5-31-12/h1-6,8,11H,7,9-10H2,(H,25,26,27,30)/t11-/m0/s1. The van der Waals surface area contributed by atoms with Crippen molar-refractivity contribution >= 4 is 50.0 Å². The number of aromatic nitrogens is 2. The van der Waals surface area contributed by atoms with Crippen molar-refractivity contribution in [2.45, 2.75) is 19.1 Å². The van der Waals surface area contributed by atoms with Gasteiger partial charge in [0.15, 0.2) is 10.8 Å². The Morgan fingerprint density at radius 2 is 2.12 bits per heavy atom. The predicted octanol–water partition coefficient (Wildman–Crippen LogP) is 5.02. The molecule has 0 aliphatic carbocycles. The van der Waals surface area contributed by atoms with Gasteiger partial charge in [0.2, 0.25) is 11.8 Å². The number of amides is 2. The van der Waals surface area contributed by atoms with Gasteiger partial charge in [-0.15, -0.1) is 11.3 Å². The Labute approximate surface area is 192 Å². The van der Waals surface area contributed by atoms with Crippen LogP contribution in [0, 0.1) is 5.92 Å². The van der Waals surface area contributed by atoms with Crippen LogP contribution in [0.5, 0.6) is 0 Å². The van der Waals surface area contributed by atoms with Crippen molar-refractivity contribution in [2.75, 3.05) is 11.9 Å². The molecule has 1 atom stereocenters. The van der Waals surface area contributed by atoms with E-state index < -0.39 is 23.6 Å². The summed E-state index contributed by atoms with van der Waals surface area (Å²) in [5.74, 6) is -0.715. The van der Waals surface area contributed by atoms with Gasteiger partial charge in [-0.3, -0.25) is 9.59 Å². The number of hydrogen-bond donors (Lipinski definition) is 1. The van der Waals surface area contributed by atoms with Crippen LogP contribution in [0.1, 0.15) is 17.7 Å². The molecule has 5 heterocycles. The van der Waals surface area contributed by atoms with Gasteiger partial charge in [0.05, 0.1) is 39.6 Å². The number of pyridine rings is 1. The van der Waals surface area contributed by atoms with Crippen molar-refractivity contribution in [2.24, 2.45) is 5.92 Å². The lowest BCUT2D eigenvalue weighted by molar-refractivity contribution is -0.136. The Kier molecular flexibility index (Phi) is 5.41. The van der Waals surface area contributed by atoms with Crippen LogP contribution < -0.4 is 5.32 Å². The molecular formula is C21H15F3N4O3S2. The number of likely N-dealkylation sites (tertiary alicyclic amines) is 1. The summed E-state index contributed by atoms with van der Waals surface area (Å²) < 4.78 is 46.2. The Bertz CT molecular complexity index is 1320. The van der Waals surface area contributed by atoms with Crippen molar-refractivity contribution in [3.8, 4) is 10.6 Å². The zero-order valence-electron chi connectivity index (χ0n) is 16.8. The first-order valence-corrected chi connectivity index (χ1v) is 11.5. The molecule has 1 saturated heterocycles. The van der Waals surface area contributed by atoms with Crippen LogP contribution in [-0.2, 0) is 22.3 Å². The van der Waals surface area contributed by atoms with Crippen molar-refractivity contribution in [1.29, 1.82) is 0 Å². The van der Waals surface area contributed by atoms with Crippen molar-refractivity contribution in [3.63, 3.8) is 0 Å². The number of furan rings is 1. The number of fused-ring (bicyclic) bond motifs is 1. The number of hydrogen-bond acceptors (Lipinski definition) is 7. The fraction of sp³-hybridized carbons (Fsp3) is 0.238. The topological polar surface area (TPSA) is 88.3 Å². The van der Waals surface area contributed by atoms with Gasteiger partial charge in [0.1, 0.15) is 5.76 Å². The number of nitrogens with one attached hydrogen (secondary N) is 1. The SMILES string of the molecule is O=C(Nc1nc2nc(-c3cccs3)cc(C(F)(F)F)c2s1)[C@H]1CC(=O)N(Cc2ccco2)C1. The first-order chi connectivity index (χ1) is 15.8. The molecule has 4 aromatic heterocycles. The van der Waals surface area contributed by atoms with Crippen LogP contribution in [0.3, 0.4) is 0 Å². The minimum Gasteiger partial charge on any atom is -0.467 e. The third-order valence-electron chi connectivity index (χ3n) is 5.18. The van der Waals surface area contributed by atoms with E-state index in [-0.39, 0.29) is 46.6 Å². The Hall–Kier alpha value is -3.25. The monoisotopic (exact) mass is 492 g/mol. The molecule has 0 spiro atoms. The molecule has 33 heavy (non-hydrogen) atoms. The molecule has 1 aliphatic rings. The Morgan fingerprint density at radius 1 is 1.27 bits per heavy atom. The molecule has 0 aromatic carbocycles. The molecular weight excluding hydrogens is 477 g/mol. The van der Waals surface area contributed by atoms with Crippen molar-refractivity contribution < 1.29 is 27.2 Å². The number of carbonyl (C=O) groups excluding carboxylic acids is 2. The molecule has 0 radical (unpaired) electrons. The highest BCUT2D eigenvalue weighted by molar-refractivity contribution is 7.22. The van der Waals surface area contributed by atoms with Crippen molar-refractivity contribution in [1.82, 2.24) is 14.9 Å². The Balaban J connectivity index is 1.38. The Morgan fingerprint density at radius 3 is 2.82 bits per heavy atom. The zero-order valence-corrected chi connectivity index (χ0v) is 18.4. The fourth-order valence-electron chi connectivity index (χ4n) is 3.63. The number of rotatable bonds is 5. The van der Waals surface area contributed by atoms with E-state index >= 15 is 0 Å². The van der Waals surface area contributed by atoms with Gasteiger partial charge < -0.3 is 14.6 Å². The second kappa shape index (κ2) is 8.27. The summed E-state index contributed by atoms with van der Waals surface area (Å²) in [5.41, 5.74) is -0.770. The number of alkyl halides is 3. The summed E-state index contributed by atoms with van der Waals surface area (Å²) in [6.45, 7) is 0.436. The van der Waals surface area contributed by atoms with Gasteiger partial charge in [-0.1, -0.05) is 17.4 Å². The normalized spacial score (nSPS) is 16.6. The first-order valence-electron chi connectivity index (χ1n) is 9.81. The number of halogens is 3. The third kappa shape index (κ3) is 4.35. The van der Waals surface area contributed by atoms with E-state index in [1.165, 1.54) is 22.5 Å². The van der Waals surface area contributed by atoms with Crippen LogP contribution in [0.25, 0.3) is 20.9 Å². The second-order valence-corrected chi connectivity index (χ2v) is 9.39. The van der Waals surface area contributed by atoms with Gasteiger partial charge in [-0.05, 0) is 29.6 Å². The average molecular weight is 493 g/mol. The summed E-state index contributed by atoms with van der Waals surface area (Å²) in [7, 11) is 0. The number of anilines is 1. The number of carbonyl (C=O) groups is 2. The second-order valence-electron chi connectivity index (χ2n) is 7.45. The molecule has 1 aliphatic heterocycles. The molecule has 7 nitrogen and oxygen atoms in total. The number of nitrogens with zero attached hydrogens (tertiary/aromatic N) is 3. The highest BCUT2D eigenvalue weighted by Gasteiger charge is 2.37. The van der Waals surface area contributed by atoms with E-state index in [0.717, 1.165) is 6.07 Å². The molecule has 5 rings (SSSR count). The van der Waals surface area contributed by atoms with Gasteiger partial charge in [-0.25, -0.2) is 4.98 Å². The summed E-state index contributed by atoms with van der Waals surface area (Å²) in [5, 5.41) is 4.32. The quantitative estimate of drug-likeness (QED) is 0.423. The molecule has 1 fully saturated rings. The maximum absolute atomic E-state index is 13.7. The molecule has 2 amide bonds. The molecule has 4 aromatic rings. The maximum Gasteiger partial charge on any atom is 0.417 e. The summed E-state index contributed by atoms with van der Waals surface area (Å²) >= 11 is 1.99. The van der Waals surface area contributed by atoms with Gasteiger partial charge >= 0.3 is 6.18 Å². The lowest BCUT2D eigenvalue weighted by Crippen LogP contribution is -2.27. The highest BCUT2D eigenvalue weighted by Crippen LogP contribution is 2.41. The molecule has 0 unspecified atom stereocenters. The van der Waals surface area contributed by atoms with Crippen molar-refractivity contribution in [3.05, 3.63) is 53.3 Å². The summed E-state index contributed by atoms with van der Waals surface area (Å²) in [6, 6.07) is 7.85. The van der Waals surface area contributed by atoms with Crippen LogP contribution in [-0.4, -0.2) is 33.2 Å². The predicted molar refractivity (Wildman–Crippen MR) is 117 cm³/mol. The van der Waals surface area contributed by atoms with Gasteiger partial charge in [0.25, 0.3) is 0 Å². The van der Waals surface area contributed by atoms with E-state index in [9.17, 15) is 22.8 Å². The van der Waals surface area contributed by atoms with Gasteiger partial charge in [-0.2, -0.15) is 18.2 Å². The molecule has 0 saturated carbocycles. The average Bonchev–Trinajstić information content (AvgIpc) is 3.55. The van der Waals surface area contributed by atoms with E-state index in [4.69, 9.17) is 4.42 Å². The van der Waals surface area contributed by atoms with E-state index in [2.05, 4.69) is 15.3 Å². The molecule has 12 heteroatoms. The molecule has 0 bridgehead atoms. The van der Waals surface area contributed by atoms with Crippen LogP contribution in [0.2, 0.25) is 0 Å². The first kappa shape index (κ1) is 21.6. The van der Waals surface area contributed by atoms with E-state index in [1.54, 1.807) is 29.6 Å². The maximum atomic E-state index is 13.7. The lowest BCUT2D eigenvalue weighted by Gasteiger charge is -2.14. The van der Waals surface area contributed by atoms with E-state index in [1.807, 2.05) is 0 Å². The van der Waals surface area contributed by atoms with Gasteiger partial charge in [0, 0.05) is 13.0 Å². The van der Waals surface area contributed by atoms with Crippen LogP contribution in [0.4, 0.5) is 18.3 Å². The lowest BCUT2D eigenvalue weighted by atomic mass is 10.1. The largest absolute Gasteiger partial charge is 0.467 e. The number of thiophene rings is 1. The third-order valence-corrected chi connectivity index (χ3v) is 7.07. The minimum absolute atomic E-state index is 0.00597. The van der Waals surface area contributed by atoms with E-state index in [0.29, 0.717) is 22.0 Å². The molecule has 1 N–H and O–H groups in total. The minimum atomic E-state index is -4.61. The highest BCUT2D eigenvalue weighted by atomic mass is 32.1. The summed E-state index contributed by atoms with van der Waals surface area (Å²) in [6.07, 6.45) is -3.10. The van der Waals surface area contributed by atoms with Crippen LogP contribution >= 0.6 is 22.7 Å². The molecule has 170 valence electrons. The zero-order chi connectivity index (χ0) is 23.2. The number of thiazole rings is 1. The van der Waals surface area contributed by atoms with Crippen LogP contribution in [0.15, 0.2) is 46.4 Å². The fourth-order valence-corrected chi connectivity index (χ4v) is 5.26. The summed E-state index contributed by atoms with van der Waals surface area (Å²) in [4.78, 5) is 35.5. The smallest absolute Gasteiger partial charge is 0.417 e.